The van der Waals surface area contributed by atoms with Crippen LogP contribution in [0.2, 0.25) is 0 Å². The predicted molar refractivity (Wildman–Crippen MR) is 171 cm³/mol. The minimum atomic E-state index is 0.280. The van der Waals surface area contributed by atoms with Crippen LogP contribution in [0.3, 0.4) is 0 Å². The molecule has 0 saturated carbocycles. The van der Waals surface area contributed by atoms with Crippen LogP contribution in [-0.2, 0) is 9.59 Å². The van der Waals surface area contributed by atoms with E-state index in [4.69, 9.17) is 0 Å². The van der Waals surface area contributed by atoms with Gasteiger partial charge in [0, 0.05) is 12.8 Å². The van der Waals surface area contributed by atoms with Crippen LogP contribution in [0.1, 0.15) is 165 Å². The lowest BCUT2D eigenvalue weighted by Crippen LogP contribution is -2.01. The standard InChI is InChI=1S/C18H36O.C18H30O/c2*1-15(2)9-6-10-16(3)11-7-12-17(4)13-8-14-18(5)19/h15-17H,6-14H2,1-5H3;9,11H,4,6-8,10,12-14H2,1-3,5H3/b;16-11+. The Labute approximate surface area is 239 Å². The Bertz CT molecular complexity index is 675. The average molecular weight is 531 g/mol. The highest BCUT2D eigenvalue weighted by atomic mass is 16.1. The second-order valence-electron chi connectivity index (χ2n) is 12.8. The van der Waals surface area contributed by atoms with Gasteiger partial charge >= 0.3 is 0 Å². The van der Waals surface area contributed by atoms with Crippen molar-refractivity contribution in [2.75, 3.05) is 0 Å². The molecule has 0 aliphatic rings. The van der Waals surface area contributed by atoms with Crippen molar-refractivity contribution in [1.29, 1.82) is 0 Å². The molecule has 38 heavy (non-hydrogen) atoms. The van der Waals surface area contributed by atoms with Crippen LogP contribution >= 0.6 is 0 Å². The molecule has 0 N–H and O–H groups in total. The van der Waals surface area contributed by atoms with Crippen LogP contribution in [0, 0.1) is 17.8 Å². The lowest BCUT2D eigenvalue weighted by molar-refractivity contribution is -0.117. The summed E-state index contributed by atoms with van der Waals surface area (Å²) >= 11 is 0. The van der Waals surface area contributed by atoms with E-state index in [1.54, 1.807) is 13.8 Å². The molecule has 0 rings (SSSR count). The summed E-state index contributed by atoms with van der Waals surface area (Å²) in [4.78, 5) is 21.7. The Balaban J connectivity index is 0. The van der Waals surface area contributed by atoms with Crippen molar-refractivity contribution in [2.24, 2.45) is 17.8 Å². The van der Waals surface area contributed by atoms with Gasteiger partial charge in [0.2, 0.25) is 0 Å². The molecule has 0 fully saturated rings. The third kappa shape index (κ3) is 32.6. The van der Waals surface area contributed by atoms with E-state index < -0.39 is 0 Å². The first-order chi connectivity index (χ1) is 17.8. The van der Waals surface area contributed by atoms with Crippen LogP contribution < -0.4 is 0 Å². The topological polar surface area (TPSA) is 34.1 Å². The Morgan fingerprint density at radius 2 is 1.05 bits per heavy atom. The molecule has 0 aromatic carbocycles. The summed E-state index contributed by atoms with van der Waals surface area (Å²) in [7, 11) is 0. The molecular weight excluding hydrogens is 464 g/mol. The second-order valence-corrected chi connectivity index (χ2v) is 12.8. The van der Waals surface area contributed by atoms with Crippen LogP contribution in [-0.4, -0.2) is 11.6 Å². The van der Waals surface area contributed by atoms with Gasteiger partial charge in [0.25, 0.3) is 0 Å². The Morgan fingerprint density at radius 1 is 0.579 bits per heavy atom. The van der Waals surface area contributed by atoms with Gasteiger partial charge in [0.15, 0.2) is 0 Å². The molecule has 0 aliphatic heterocycles. The minimum Gasteiger partial charge on any atom is -0.300 e. The van der Waals surface area contributed by atoms with E-state index in [1.165, 1.54) is 61.7 Å². The molecule has 2 atom stereocenters. The number of hydrogen-bond acceptors (Lipinski definition) is 2. The molecule has 0 bridgehead atoms. The first-order valence-electron chi connectivity index (χ1n) is 15.8. The highest BCUT2D eigenvalue weighted by Gasteiger charge is 2.07. The molecule has 0 saturated heterocycles. The molecular formula is C36H66O2. The lowest BCUT2D eigenvalue weighted by Gasteiger charge is -2.14. The molecule has 2 nitrogen and oxygen atoms in total. The van der Waals surface area contributed by atoms with Crippen molar-refractivity contribution in [3.63, 3.8) is 0 Å². The Morgan fingerprint density at radius 3 is 1.55 bits per heavy atom. The van der Waals surface area contributed by atoms with Crippen molar-refractivity contribution >= 4 is 11.6 Å². The van der Waals surface area contributed by atoms with E-state index in [0.717, 1.165) is 69.1 Å². The number of carbonyl (C=O) groups excluding carboxylic acids is 2. The molecule has 0 radical (unpaired) electrons. The zero-order valence-corrected chi connectivity index (χ0v) is 27.2. The highest BCUT2D eigenvalue weighted by Crippen LogP contribution is 2.21. The maximum atomic E-state index is 10.9. The van der Waals surface area contributed by atoms with Crippen molar-refractivity contribution in [1.82, 2.24) is 0 Å². The first kappa shape index (κ1) is 38.7. The van der Waals surface area contributed by atoms with Crippen molar-refractivity contribution in [2.45, 2.75) is 165 Å². The lowest BCUT2D eigenvalue weighted by atomic mass is 9.92. The smallest absolute Gasteiger partial charge is 0.129 e. The molecule has 0 aromatic rings. The first-order valence-corrected chi connectivity index (χ1v) is 15.8. The largest absolute Gasteiger partial charge is 0.300 e. The monoisotopic (exact) mass is 531 g/mol. The molecule has 222 valence electrons. The zero-order chi connectivity index (χ0) is 29.3. The number of rotatable bonds is 22. The summed E-state index contributed by atoms with van der Waals surface area (Å²) in [6, 6.07) is 0. The SMILES string of the molecule is C=C(CC/C=C(\C)CCC=C(C)C)CCCC(C)=O.CC(=O)CCCC(C)CCCC(C)CCCC(C)C. The number of hydrogen-bond donors (Lipinski definition) is 0. The number of ketones is 2. The summed E-state index contributed by atoms with van der Waals surface area (Å²) in [5, 5.41) is 0. The summed E-state index contributed by atoms with van der Waals surface area (Å²) < 4.78 is 0. The van der Waals surface area contributed by atoms with Crippen molar-refractivity contribution in [3.8, 4) is 0 Å². The van der Waals surface area contributed by atoms with Gasteiger partial charge < -0.3 is 9.59 Å². The molecule has 2 unspecified atom stereocenters. The number of allylic oxidation sites excluding steroid dienone is 5. The Hall–Kier alpha value is -1.44. The van der Waals surface area contributed by atoms with Gasteiger partial charge in [0.1, 0.15) is 11.6 Å². The van der Waals surface area contributed by atoms with E-state index >= 15 is 0 Å². The van der Waals surface area contributed by atoms with Gasteiger partial charge in [-0.15, -0.1) is 0 Å². The normalized spacial score (nSPS) is 12.9. The van der Waals surface area contributed by atoms with Crippen molar-refractivity contribution < 1.29 is 9.59 Å². The quantitative estimate of drug-likeness (QED) is 0.130. The summed E-state index contributed by atoms with van der Waals surface area (Å²) in [6.07, 6.45) is 23.0. The van der Waals surface area contributed by atoms with E-state index in [1.807, 2.05) is 0 Å². The highest BCUT2D eigenvalue weighted by molar-refractivity contribution is 5.75. The molecule has 0 amide bonds. The van der Waals surface area contributed by atoms with Crippen LogP contribution in [0.25, 0.3) is 0 Å². The molecule has 0 spiro atoms. The van der Waals surface area contributed by atoms with Gasteiger partial charge in [-0.1, -0.05) is 108 Å². The fraction of sp³-hybridized carbons (Fsp3) is 0.778. The third-order valence-electron chi connectivity index (χ3n) is 7.24. The maximum Gasteiger partial charge on any atom is 0.129 e. The fourth-order valence-electron chi connectivity index (χ4n) is 4.60. The predicted octanol–water partition coefficient (Wildman–Crippen LogP) is 11.8. The zero-order valence-electron chi connectivity index (χ0n) is 27.2. The summed E-state index contributed by atoms with van der Waals surface area (Å²) in [6.45, 7) is 23.3. The number of carbonyl (C=O) groups is 2. The van der Waals surface area contributed by atoms with E-state index in [9.17, 15) is 9.59 Å². The molecule has 2 heteroatoms. The van der Waals surface area contributed by atoms with Crippen LogP contribution in [0.15, 0.2) is 35.5 Å². The maximum absolute atomic E-state index is 10.9. The minimum absolute atomic E-state index is 0.280. The van der Waals surface area contributed by atoms with Gasteiger partial charge in [-0.2, -0.15) is 0 Å². The summed E-state index contributed by atoms with van der Waals surface area (Å²) in [5.74, 6) is 3.16. The van der Waals surface area contributed by atoms with Crippen LogP contribution in [0.5, 0.6) is 0 Å². The molecule has 0 aromatic heterocycles. The van der Waals surface area contributed by atoms with Crippen molar-refractivity contribution in [3.05, 3.63) is 35.5 Å². The van der Waals surface area contributed by atoms with E-state index in [0.29, 0.717) is 12.2 Å². The molecule has 0 aliphatic carbocycles. The summed E-state index contributed by atoms with van der Waals surface area (Å²) in [5.41, 5.74) is 4.13. The van der Waals surface area contributed by atoms with E-state index in [2.05, 4.69) is 67.2 Å². The number of Topliss-reactive ketones (excluding diaryl/α,β-unsaturated/α-hetero) is 2. The fourth-order valence-corrected chi connectivity index (χ4v) is 4.60. The van der Waals surface area contributed by atoms with Gasteiger partial charge in [-0.3, -0.25) is 0 Å². The Kier molecular flexibility index (Phi) is 26.3. The van der Waals surface area contributed by atoms with Crippen LogP contribution in [0.4, 0.5) is 0 Å². The second kappa shape index (κ2) is 25.8. The van der Waals surface area contributed by atoms with E-state index in [-0.39, 0.29) is 5.78 Å². The average Bonchev–Trinajstić information content (AvgIpc) is 2.78. The van der Waals surface area contributed by atoms with Gasteiger partial charge in [-0.25, -0.2) is 0 Å². The molecule has 0 heterocycles. The third-order valence-corrected chi connectivity index (χ3v) is 7.24. The van der Waals surface area contributed by atoms with Gasteiger partial charge in [0.05, 0.1) is 0 Å². The van der Waals surface area contributed by atoms with Gasteiger partial charge in [-0.05, 0) is 97.3 Å².